The van der Waals surface area contributed by atoms with Crippen LogP contribution < -0.4 is 5.32 Å². The number of methoxy groups -OCH3 is 1. The second kappa shape index (κ2) is 10.5. The smallest absolute Gasteiger partial charge is 0.154 e. The molecule has 3 aromatic heterocycles. The van der Waals surface area contributed by atoms with Gasteiger partial charge in [0.1, 0.15) is 5.82 Å². The number of nitrogens with one attached hydrogen (secondary N) is 2. The summed E-state index contributed by atoms with van der Waals surface area (Å²) < 4.78 is 5.03. The van der Waals surface area contributed by atoms with Gasteiger partial charge >= 0.3 is 0 Å². The number of nitrogens with zero attached hydrogens (tertiary/aromatic N) is 5. The van der Waals surface area contributed by atoms with Crippen LogP contribution in [0.4, 0.5) is 11.6 Å². The number of ether oxygens (including phenoxy) is 1. The predicted molar refractivity (Wildman–Crippen MR) is 120 cm³/mol. The number of anilines is 2. The molecule has 2 N–H and O–H groups in total. The number of fused-ring (bicyclic) bond motifs is 1. The summed E-state index contributed by atoms with van der Waals surface area (Å²) in [6.45, 7) is 5.57. The van der Waals surface area contributed by atoms with E-state index >= 15 is 0 Å². The lowest BCUT2D eigenvalue weighted by molar-refractivity contribution is 0.197. The van der Waals surface area contributed by atoms with Crippen LogP contribution in [0, 0.1) is 5.41 Å². The van der Waals surface area contributed by atoms with Crippen molar-refractivity contribution >= 4 is 35.1 Å². The summed E-state index contributed by atoms with van der Waals surface area (Å²) in [5.41, 5.74) is 3.51. The molecule has 8 heteroatoms. The topological polar surface area (TPSA) is 109 Å². The van der Waals surface area contributed by atoms with Gasteiger partial charge in [0.25, 0.3) is 0 Å². The van der Waals surface area contributed by atoms with Gasteiger partial charge in [0.05, 0.1) is 23.1 Å². The summed E-state index contributed by atoms with van der Waals surface area (Å²) in [7, 11) is 1.68. The quantitative estimate of drug-likeness (QED) is 0.388. The highest BCUT2D eigenvalue weighted by atomic mass is 16.5. The van der Waals surface area contributed by atoms with E-state index in [4.69, 9.17) is 10.1 Å². The molecule has 1 unspecified atom stereocenters. The lowest BCUT2D eigenvalue weighted by Gasteiger charge is -2.10. The van der Waals surface area contributed by atoms with E-state index in [9.17, 15) is 0 Å². The van der Waals surface area contributed by atoms with Crippen molar-refractivity contribution in [2.24, 2.45) is 4.99 Å². The highest BCUT2D eigenvalue weighted by molar-refractivity contribution is 5.90. The Morgan fingerprint density at radius 1 is 1.13 bits per heavy atom. The predicted octanol–water partition coefficient (Wildman–Crippen LogP) is 4.13. The lowest BCUT2D eigenvalue weighted by atomic mass is 10.0. The zero-order chi connectivity index (χ0) is 21.3. The van der Waals surface area contributed by atoms with Gasteiger partial charge in [-0.2, -0.15) is 5.10 Å². The molecule has 0 bridgehead atoms. The van der Waals surface area contributed by atoms with Gasteiger partial charge < -0.3 is 15.5 Å². The fraction of sp³-hybridized carbons (Fsp3) is 0.364. The third kappa shape index (κ3) is 5.64. The van der Waals surface area contributed by atoms with Gasteiger partial charge in [0.2, 0.25) is 0 Å². The molecule has 0 fully saturated rings. The van der Waals surface area contributed by atoms with Crippen LogP contribution in [0.3, 0.4) is 0 Å². The second-order valence-electron chi connectivity index (χ2n) is 7.25. The summed E-state index contributed by atoms with van der Waals surface area (Å²) in [6, 6.07) is 7.69. The van der Waals surface area contributed by atoms with E-state index in [1.807, 2.05) is 24.3 Å². The summed E-state index contributed by atoms with van der Waals surface area (Å²) in [4.78, 5) is 13.6. The SMILES string of the molecule is COCCCN=CC(C=N)c1cnc2ccc(Nc3cc(C(C)C)cnn3)nc2c1. The molecule has 3 heterocycles. The Morgan fingerprint density at radius 3 is 2.77 bits per heavy atom. The number of hydrogen-bond donors (Lipinski definition) is 2. The van der Waals surface area contributed by atoms with E-state index in [1.54, 1.807) is 25.7 Å². The number of pyridine rings is 2. The van der Waals surface area contributed by atoms with Gasteiger partial charge in [0, 0.05) is 38.9 Å². The molecule has 0 saturated carbocycles. The van der Waals surface area contributed by atoms with E-state index < -0.39 is 0 Å². The fourth-order valence-corrected chi connectivity index (χ4v) is 2.88. The second-order valence-corrected chi connectivity index (χ2v) is 7.25. The maximum absolute atomic E-state index is 7.75. The highest BCUT2D eigenvalue weighted by Crippen LogP contribution is 2.21. The third-order valence-electron chi connectivity index (χ3n) is 4.62. The molecule has 0 saturated heterocycles. The minimum Gasteiger partial charge on any atom is -0.385 e. The minimum atomic E-state index is -0.239. The van der Waals surface area contributed by atoms with Crippen molar-refractivity contribution in [2.75, 3.05) is 25.6 Å². The number of aliphatic imine (C=N–C) groups is 1. The van der Waals surface area contributed by atoms with Crippen molar-refractivity contribution in [3.05, 3.63) is 47.8 Å². The van der Waals surface area contributed by atoms with Gasteiger partial charge in [0.15, 0.2) is 5.82 Å². The van der Waals surface area contributed by atoms with Crippen LogP contribution in [0.5, 0.6) is 0 Å². The van der Waals surface area contributed by atoms with E-state index in [1.165, 1.54) is 6.21 Å². The molecule has 0 amide bonds. The molecule has 8 nitrogen and oxygen atoms in total. The first-order valence-corrected chi connectivity index (χ1v) is 9.96. The molecule has 3 aromatic rings. The van der Waals surface area contributed by atoms with E-state index in [0.29, 0.717) is 30.7 Å². The molecule has 0 aliphatic heterocycles. The standard InChI is InChI=1S/C22H27N7O/c1-15(2)16-10-22(29-26-14-16)28-21-6-5-19-20(27-21)9-17(13-25-19)18(11-23)12-24-7-4-8-30-3/h5-6,9-15,18,23H,4,7-8H2,1-3H3,(H,27,28,29). The summed E-state index contributed by atoms with van der Waals surface area (Å²) in [5, 5.41) is 19.2. The summed E-state index contributed by atoms with van der Waals surface area (Å²) >= 11 is 0. The first kappa shape index (κ1) is 21.4. The average molecular weight is 406 g/mol. The largest absolute Gasteiger partial charge is 0.385 e. The molecule has 1 atom stereocenters. The van der Waals surface area contributed by atoms with Crippen LogP contribution in [-0.4, -0.2) is 52.9 Å². The fourth-order valence-electron chi connectivity index (χ4n) is 2.88. The van der Waals surface area contributed by atoms with Gasteiger partial charge in [-0.05, 0) is 47.7 Å². The number of rotatable bonds is 10. The first-order chi connectivity index (χ1) is 14.6. The Kier molecular flexibility index (Phi) is 7.51. The first-order valence-electron chi connectivity index (χ1n) is 9.96. The van der Waals surface area contributed by atoms with Crippen LogP contribution >= 0.6 is 0 Å². The molecule has 156 valence electrons. The van der Waals surface area contributed by atoms with Crippen molar-refractivity contribution in [3.63, 3.8) is 0 Å². The molecule has 0 radical (unpaired) electrons. The van der Waals surface area contributed by atoms with Crippen LogP contribution in [0.25, 0.3) is 11.0 Å². The molecule has 0 spiro atoms. The van der Waals surface area contributed by atoms with E-state index in [2.05, 4.69) is 44.3 Å². The van der Waals surface area contributed by atoms with Gasteiger partial charge in [-0.3, -0.25) is 9.98 Å². The van der Waals surface area contributed by atoms with E-state index in [0.717, 1.165) is 28.6 Å². The van der Waals surface area contributed by atoms with Gasteiger partial charge in [-0.15, -0.1) is 5.10 Å². The Morgan fingerprint density at radius 2 is 2.00 bits per heavy atom. The Balaban J connectivity index is 1.80. The van der Waals surface area contributed by atoms with Crippen LogP contribution in [0.2, 0.25) is 0 Å². The molecular weight excluding hydrogens is 378 g/mol. The van der Waals surface area contributed by atoms with Crippen LogP contribution in [-0.2, 0) is 4.74 Å². The molecule has 3 rings (SSSR count). The molecule has 0 aliphatic rings. The Bertz CT molecular complexity index is 1020. The maximum Gasteiger partial charge on any atom is 0.154 e. The maximum atomic E-state index is 7.75. The number of hydrogen-bond acceptors (Lipinski definition) is 8. The summed E-state index contributed by atoms with van der Waals surface area (Å²) in [5.74, 6) is 1.44. The van der Waals surface area contributed by atoms with Crippen molar-refractivity contribution in [3.8, 4) is 0 Å². The van der Waals surface area contributed by atoms with Crippen molar-refractivity contribution in [1.82, 2.24) is 20.2 Å². The van der Waals surface area contributed by atoms with Crippen LogP contribution in [0.1, 0.15) is 43.2 Å². The highest BCUT2D eigenvalue weighted by Gasteiger charge is 2.09. The minimum absolute atomic E-state index is 0.239. The van der Waals surface area contributed by atoms with Crippen molar-refractivity contribution < 1.29 is 4.74 Å². The zero-order valence-electron chi connectivity index (χ0n) is 17.5. The lowest BCUT2D eigenvalue weighted by Crippen LogP contribution is -2.04. The molecular formula is C22H27N7O. The number of aromatic nitrogens is 4. The molecule has 30 heavy (non-hydrogen) atoms. The van der Waals surface area contributed by atoms with Crippen molar-refractivity contribution in [1.29, 1.82) is 5.41 Å². The van der Waals surface area contributed by atoms with E-state index in [-0.39, 0.29) is 5.92 Å². The average Bonchev–Trinajstić information content (AvgIpc) is 2.76. The van der Waals surface area contributed by atoms with Crippen LogP contribution in [0.15, 0.2) is 41.7 Å². The Hall–Kier alpha value is -3.26. The molecule has 0 aromatic carbocycles. The molecule has 0 aliphatic carbocycles. The Labute approximate surface area is 176 Å². The zero-order valence-corrected chi connectivity index (χ0v) is 17.5. The third-order valence-corrected chi connectivity index (χ3v) is 4.62. The van der Waals surface area contributed by atoms with Gasteiger partial charge in [-0.25, -0.2) is 4.98 Å². The normalized spacial score (nSPS) is 12.5. The van der Waals surface area contributed by atoms with Crippen molar-refractivity contribution in [2.45, 2.75) is 32.1 Å². The van der Waals surface area contributed by atoms with Gasteiger partial charge in [-0.1, -0.05) is 13.8 Å². The summed E-state index contributed by atoms with van der Waals surface area (Å²) in [6.07, 6.45) is 7.53. The monoisotopic (exact) mass is 405 g/mol.